The fraction of sp³-hybridized carbons (Fsp3) is 0.429. The number of ether oxygens (including phenoxy) is 1. The average Bonchev–Trinajstić information content (AvgIpc) is 3.29. The molecule has 4 rings (SSSR count). The number of carbonyl (C=O) groups excluding carboxylic acids is 3. The van der Waals surface area contributed by atoms with E-state index in [4.69, 9.17) is 26.2 Å². The molecule has 2 aromatic rings. The van der Waals surface area contributed by atoms with Crippen LogP contribution in [0.3, 0.4) is 0 Å². The van der Waals surface area contributed by atoms with E-state index in [0.717, 1.165) is 0 Å². The first kappa shape index (κ1) is 16.6. The predicted molar refractivity (Wildman–Crippen MR) is 113 cm³/mol. The lowest BCUT2D eigenvalue weighted by Gasteiger charge is -2.44. The number of amides is 2. The number of hydrogen-bond acceptors (Lipinski definition) is 9. The van der Waals surface area contributed by atoms with E-state index in [1.165, 1.54) is 23.6 Å². The van der Waals surface area contributed by atoms with Gasteiger partial charge in [-0.2, -0.15) is 0 Å². The molecular weight excluding hydrogens is 438 g/mol. The van der Waals surface area contributed by atoms with Gasteiger partial charge in [-0.15, -0.1) is 11.8 Å². The molecule has 4 atom stereocenters. The van der Waals surface area contributed by atoms with Crippen LogP contribution in [0.4, 0.5) is 0 Å². The molecule has 11 heteroatoms. The molecule has 2 aliphatic heterocycles. The van der Waals surface area contributed by atoms with Gasteiger partial charge in [-0.1, -0.05) is 30.2 Å². The molecule has 2 saturated heterocycles. The van der Waals surface area contributed by atoms with Crippen LogP contribution in [-0.2, 0) is 25.7 Å². The third kappa shape index (κ3) is 3.82. The Morgan fingerprint density at radius 3 is 2.62 bits per heavy atom. The number of nitrogens with two attached hydrogens (primary N) is 1. The maximum absolute atomic E-state index is 13.0. The topological polar surface area (TPSA) is 145 Å². The van der Waals surface area contributed by atoms with E-state index in [2.05, 4.69) is 5.32 Å². The number of esters is 1. The fourth-order valence-electron chi connectivity index (χ4n) is 3.64. The third-order valence-electron chi connectivity index (χ3n) is 5.26. The minimum atomic E-state index is -1.64. The highest BCUT2D eigenvalue weighted by Crippen LogP contribution is 2.51. The molecule has 10 nitrogen and oxygen atoms in total. The van der Waals surface area contributed by atoms with E-state index in [1.807, 2.05) is 0 Å². The Bertz CT molecular complexity index is 1350. The molecule has 2 aliphatic rings. The largest absolute Gasteiger partial charge is 0.519 e. The second-order valence-corrected chi connectivity index (χ2v) is 9.57. The Kier molecular flexibility index (Phi) is 4.21. The van der Waals surface area contributed by atoms with Crippen LogP contribution in [0.25, 0.3) is 0 Å². The molecule has 2 fully saturated rings. The van der Waals surface area contributed by atoms with Crippen molar-refractivity contribution in [3.63, 3.8) is 0 Å². The summed E-state index contributed by atoms with van der Waals surface area (Å²) in [7, 11) is 0. The molecule has 3 heterocycles. The molecule has 2 amide bonds. The first-order chi connectivity index (χ1) is 17.2. The smallest absolute Gasteiger partial charge is 0.456 e. The van der Waals surface area contributed by atoms with Crippen LogP contribution in [0, 0.1) is 6.92 Å². The molecule has 1 aromatic heterocycles. The minimum absolute atomic E-state index is 0.0417. The molecule has 0 unspecified atom stereocenters. The molecule has 0 bridgehead atoms. The maximum atomic E-state index is 13.0. The monoisotopic (exact) mass is 466 g/mol. The van der Waals surface area contributed by atoms with E-state index in [1.54, 1.807) is 13.8 Å². The zero-order valence-corrected chi connectivity index (χ0v) is 18.1. The lowest BCUT2D eigenvalue weighted by molar-refractivity contribution is -0.165. The summed E-state index contributed by atoms with van der Waals surface area (Å²) >= 11 is 1.26. The zero-order valence-electron chi connectivity index (χ0n) is 22.3. The summed E-state index contributed by atoms with van der Waals surface area (Å²) in [5.74, 6) is -2.95. The molecule has 0 radical (unpaired) electrons. The van der Waals surface area contributed by atoms with Crippen LogP contribution in [0.1, 0.15) is 43.8 Å². The van der Waals surface area contributed by atoms with Crippen LogP contribution in [0.15, 0.2) is 43.8 Å². The second kappa shape index (κ2) is 8.14. The summed E-state index contributed by atoms with van der Waals surface area (Å²) in [6.45, 7) is 4.57. The lowest BCUT2D eigenvalue weighted by atomic mass is 9.95. The van der Waals surface area contributed by atoms with Crippen molar-refractivity contribution in [1.82, 2.24) is 10.2 Å². The van der Waals surface area contributed by atoms with Crippen LogP contribution >= 0.6 is 11.8 Å². The number of carbonyl (C=O) groups is 3. The van der Waals surface area contributed by atoms with Crippen LogP contribution in [0.5, 0.6) is 0 Å². The normalized spacial score (nSPS) is 26.6. The first-order valence-corrected chi connectivity index (χ1v) is 10.4. The Morgan fingerprint density at radius 2 is 2.00 bits per heavy atom. The van der Waals surface area contributed by atoms with Crippen LogP contribution in [-0.4, -0.2) is 44.9 Å². The first-order valence-electron chi connectivity index (χ1n) is 12.1. The van der Waals surface area contributed by atoms with Crippen molar-refractivity contribution < 1.29 is 34.8 Å². The van der Waals surface area contributed by atoms with Gasteiger partial charge in [0.1, 0.15) is 23.5 Å². The van der Waals surface area contributed by atoms with Crippen molar-refractivity contribution in [3.05, 3.63) is 57.9 Å². The maximum Gasteiger partial charge on any atom is 0.519 e. The SMILES string of the molecule is [2H]c1c([2H])c([2H])c([C@@H](N)C(=O)N[C@@H]2C(=O)N3[C@@H]2SC(C)(C)[C@@H]3C(=O)OCc2oc(=O)oc2C)c([2H])c1[2H]. The van der Waals surface area contributed by atoms with Crippen molar-refractivity contribution in [2.75, 3.05) is 0 Å². The van der Waals surface area contributed by atoms with Gasteiger partial charge in [0.15, 0.2) is 18.1 Å². The molecule has 1 aromatic carbocycles. The zero-order chi connectivity index (χ0) is 27.6. The fourth-order valence-corrected chi connectivity index (χ4v) is 5.26. The molecule has 0 spiro atoms. The van der Waals surface area contributed by atoms with E-state index < -0.39 is 87.6 Å². The summed E-state index contributed by atoms with van der Waals surface area (Å²) in [4.78, 5) is 51.2. The summed E-state index contributed by atoms with van der Waals surface area (Å²) in [5.41, 5.74) is 5.56. The summed E-state index contributed by atoms with van der Waals surface area (Å²) in [6, 6.07) is -6.81. The minimum Gasteiger partial charge on any atom is -0.456 e. The number of hydrogen-bond donors (Lipinski definition) is 2. The second-order valence-electron chi connectivity index (χ2n) is 7.80. The van der Waals surface area contributed by atoms with Crippen LogP contribution in [0.2, 0.25) is 0 Å². The Labute approximate surface area is 194 Å². The van der Waals surface area contributed by atoms with Gasteiger partial charge in [-0.3, -0.25) is 9.59 Å². The standard InChI is InChI=1S/C21H23N3O7S/c1-10-12(31-20(28)30-10)9-29-19(27)15-21(2,3)32-18-14(17(26)24(15)18)23-16(25)13(22)11-7-5-4-6-8-11/h4-8,13-15,18H,9,22H2,1-3H3,(H,23,25)/t13-,14-,15+,18-/m1/s1/i4D,5D,6D,7D,8D. The van der Waals surface area contributed by atoms with Crippen molar-refractivity contribution in [3.8, 4) is 0 Å². The van der Waals surface area contributed by atoms with Crippen molar-refractivity contribution in [2.24, 2.45) is 5.73 Å². The Hall–Kier alpha value is -3.05. The predicted octanol–water partition coefficient (Wildman–Crippen LogP) is 0.832. The van der Waals surface area contributed by atoms with Gasteiger partial charge in [-0.05, 0) is 26.3 Å². The summed E-state index contributed by atoms with van der Waals surface area (Å²) in [6.07, 6.45) is 0. The summed E-state index contributed by atoms with van der Waals surface area (Å²) in [5, 5.41) is 1.85. The Balaban J connectivity index is 1.48. The van der Waals surface area contributed by atoms with Gasteiger partial charge in [0.05, 0.1) is 6.85 Å². The number of nitrogens with one attached hydrogen (secondary N) is 1. The number of fused-ring (bicyclic) bond motifs is 1. The van der Waals surface area contributed by atoms with Gasteiger partial charge >= 0.3 is 11.8 Å². The van der Waals surface area contributed by atoms with Gasteiger partial charge in [0, 0.05) is 4.75 Å². The molecular formula is C21H23N3O7S. The highest BCUT2D eigenvalue weighted by molar-refractivity contribution is 8.01. The number of β-lactam (4-membered cyclic amide) rings is 1. The number of benzene rings is 1. The van der Waals surface area contributed by atoms with Crippen molar-refractivity contribution >= 4 is 29.5 Å². The average molecular weight is 467 g/mol. The molecule has 3 N–H and O–H groups in total. The van der Waals surface area contributed by atoms with Crippen LogP contribution < -0.4 is 16.9 Å². The summed E-state index contributed by atoms with van der Waals surface area (Å²) < 4.78 is 53.2. The van der Waals surface area contributed by atoms with Crippen molar-refractivity contribution in [2.45, 2.75) is 55.6 Å². The van der Waals surface area contributed by atoms with Gasteiger partial charge < -0.3 is 29.5 Å². The highest BCUT2D eigenvalue weighted by atomic mass is 32.2. The molecule has 0 saturated carbocycles. The lowest BCUT2D eigenvalue weighted by Crippen LogP contribution is -2.71. The van der Waals surface area contributed by atoms with Gasteiger partial charge in [0.25, 0.3) is 0 Å². The molecule has 170 valence electrons. The highest BCUT2D eigenvalue weighted by Gasteiger charge is 2.64. The van der Waals surface area contributed by atoms with Gasteiger partial charge in [-0.25, -0.2) is 9.59 Å². The number of rotatable bonds is 6. The third-order valence-corrected chi connectivity index (χ3v) is 6.83. The number of nitrogens with zero attached hydrogens (tertiary/aromatic N) is 1. The van der Waals surface area contributed by atoms with E-state index in [-0.39, 0.29) is 18.1 Å². The molecule has 32 heavy (non-hydrogen) atoms. The Morgan fingerprint density at radius 1 is 1.31 bits per heavy atom. The van der Waals surface area contributed by atoms with Gasteiger partial charge in [0.2, 0.25) is 11.8 Å². The van der Waals surface area contributed by atoms with E-state index in [9.17, 15) is 19.2 Å². The van der Waals surface area contributed by atoms with Crippen molar-refractivity contribution in [1.29, 1.82) is 0 Å². The number of aryl methyl sites for hydroxylation is 1. The van der Waals surface area contributed by atoms with E-state index >= 15 is 0 Å². The van der Waals surface area contributed by atoms with E-state index in [0.29, 0.717) is 0 Å². The molecule has 0 aliphatic carbocycles. The quantitative estimate of drug-likeness (QED) is 0.467. The number of thioether (sulfide) groups is 1.